The van der Waals surface area contributed by atoms with Crippen LogP contribution in [0.3, 0.4) is 0 Å². The molecule has 0 fully saturated rings. The maximum Gasteiger partial charge on any atom is 0.130 e. The first-order valence-corrected chi connectivity index (χ1v) is 8.80. The third-order valence-corrected chi connectivity index (χ3v) is 6.14. The minimum Gasteiger partial charge on any atom is -0.497 e. The topological polar surface area (TPSA) is 18.5 Å². The Morgan fingerprint density at radius 3 is 1.70 bits per heavy atom. The maximum absolute atomic E-state index is 5.65. The Labute approximate surface area is 138 Å². The third-order valence-electron chi connectivity index (χ3n) is 3.66. The molecule has 0 saturated carbocycles. The fraction of sp³-hybridized carbons (Fsp3) is 0.100. The summed E-state index contributed by atoms with van der Waals surface area (Å²) in [6.45, 7) is 0. The monoisotopic (exact) mass is 322 g/mol. The van der Waals surface area contributed by atoms with Crippen molar-refractivity contribution in [1.29, 1.82) is 0 Å². The number of ether oxygens (including phenoxy) is 2. The van der Waals surface area contributed by atoms with Crippen LogP contribution in [0.2, 0.25) is 0 Å². The van der Waals surface area contributed by atoms with Crippen LogP contribution in [0, 0.1) is 0 Å². The second kappa shape index (κ2) is 7.30. The molecule has 0 heterocycles. The van der Waals surface area contributed by atoms with Gasteiger partial charge in [0, 0.05) is 11.4 Å². The van der Waals surface area contributed by atoms with E-state index in [4.69, 9.17) is 9.47 Å². The normalized spacial score (nSPS) is 10.6. The molecule has 3 rings (SSSR count). The summed E-state index contributed by atoms with van der Waals surface area (Å²) in [5, 5.41) is 3.80. The van der Waals surface area contributed by atoms with Crippen LogP contribution >= 0.6 is 7.92 Å². The molecule has 0 aliphatic carbocycles. The van der Waals surface area contributed by atoms with Crippen molar-refractivity contribution in [2.75, 3.05) is 14.2 Å². The second-order valence-electron chi connectivity index (χ2n) is 5.04. The Morgan fingerprint density at radius 1 is 0.652 bits per heavy atom. The summed E-state index contributed by atoms with van der Waals surface area (Å²) < 4.78 is 11.0. The average Bonchev–Trinajstić information content (AvgIpc) is 2.64. The van der Waals surface area contributed by atoms with Gasteiger partial charge < -0.3 is 9.47 Å². The Morgan fingerprint density at radius 2 is 1.22 bits per heavy atom. The van der Waals surface area contributed by atoms with Crippen molar-refractivity contribution >= 4 is 23.8 Å². The lowest BCUT2D eigenvalue weighted by molar-refractivity contribution is 0.396. The molecule has 2 nitrogen and oxygen atoms in total. The highest BCUT2D eigenvalue weighted by atomic mass is 31.1. The molecule has 0 radical (unpaired) electrons. The van der Waals surface area contributed by atoms with E-state index >= 15 is 0 Å². The van der Waals surface area contributed by atoms with Gasteiger partial charge in [0.25, 0.3) is 0 Å². The lowest BCUT2D eigenvalue weighted by Crippen LogP contribution is -2.21. The van der Waals surface area contributed by atoms with Gasteiger partial charge in [-0.15, -0.1) is 0 Å². The Hall–Kier alpha value is -2.31. The molecule has 0 spiro atoms. The van der Waals surface area contributed by atoms with Gasteiger partial charge in [-0.2, -0.15) is 0 Å². The van der Waals surface area contributed by atoms with Crippen molar-refractivity contribution in [3.8, 4) is 11.5 Å². The summed E-state index contributed by atoms with van der Waals surface area (Å²) in [5.41, 5.74) is 0. The van der Waals surface area contributed by atoms with E-state index in [0.717, 1.165) is 11.5 Å². The first-order chi connectivity index (χ1) is 11.3. The van der Waals surface area contributed by atoms with E-state index in [0.29, 0.717) is 0 Å². The smallest absolute Gasteiger partial charge is 0.130 e. The molecule has 116 valence electrons. The van der Waals surface area contributed by atoms with E-state index in [1.807, 2.05) is 24.3 Å². The van der Waals surface area contributed by atoms with Crippen molar-refractivity contribution in [2.24, 2.45) is 0 Å². The van der Waals surface area contributed by atoms with Gasteiger partial charge in [0.05, 0.1) is 14.2 Å². The molecule has 0 bridgehead atoms. The summed E-state index contributed by atoms with van der Waals surface area (Å²) in [7, 11) is 2.71. The van der Waals surface area contributed by atoms with Gasteiger partial charge in [0.1, 0.15) is 11.5 Å². The SMILES string of the molecule is COc1ccc(P(c2ccccc2)c2ccccc2)c(OC)c1. The van der Waals surface area contributed by atoms with Crippen LogP contribution in [-0.2, 0) is 0 Å². The molecular weight excluding hydrogens is 303 g/mol. The summed E-state index contributed by atoms with van der Waals surface area (Å²) >= 11 is 0. The summed E-state index contributed by atoms with van der Waals surface area (Å²) in [4.78, 5) is 0. The van der Waals surface area contributed by atoms with Crippen LogP contribution in [0.25, 0.3) is 0 Å². The van der Waals surface area contributed by atoms with Crippen molar-refractivity contribution in [3.05, 3.63) is 78.9 Å². The zero-order chi connectivity index (χ0) is 16.1. The third kappa shape index (κ3) is 3.38. The number of rotatable bonds is 5. The molecule has 0 aliphatic rings. The predicted octanol–water partition coefficient (Wildman–Crippen LogP) is 3.46. The minimum atomic E-state index is -0.671. The zero-order valence-electron chi connectivity index (χ0n) is 13.3. The minimum absolute atomic E-state index is 0.671. The van der Waals surface area contributed by atoms with Gasteiger partial charge in [-0.3, -0.25) is 0 Å². The fourth-order valence-electron chi connectivity index (χ4n) is 2.55. The van der Waals surface area contributed by atoms with Gasteiger partial charge in [-0.25, -0.2) is 0 Å². The fourth-order valence-corrected chi connectivity index (χ4v) is 4.95. The standard InChI is InChI=1S/C20H19O2P/c1-21-16-13-14-20(19(15-16)22-2)23(17-9-5-3-6-10-17)18-11-7-4-8-12-18/h3-15H,1-2H3. The highest BCUT2D eigenvalue weighted by Gasteiger charge is 2.20. The summed E-state index contributed by atoms with van der Waals surface area (Å²) in [6.07, 6.45) is 0. The van der Waals surface area contributed by atoms with Crippen LogP contribution in [0.5, 0.6) is 11.5 Å². The lowest BCUT2D eigenvalue weighted by Gasteiger charge is -2.22. The van der Waals surface area contributed by atoms with Gasteiger partial charge in [-0.05, 0) is 30.7 Å². The van der Waals surface area contributed by atoms with Gasteiger partial charge in [-0.1, -0.05) is 60.7 Å². The molecule has 3 aromatic carbocycles. The molecule has 3 aromatic rings. The quantitative estimate of drug-likeness (QED) is 0.670. The van der Waals surface area contributed by atoms with Crippen molar-refractivity contribution in [2.45, 2.75) is 0 Å². The first-order valence-electron chi connectivity index (χ1n) is 7.45. The highest BCUT2D eigenvalue weighted by Crippen LogP contribution is 2.37. The van der Waals surface area contributed by atoms with Crippen LogP contribution in [0.15, 0.2) is 78.9 Å². The lowest BCUT2D eigenvalue weighted by atomic mass is 10.3. The number of benzene rings is 3. The first kappa shape index (κ1) is 15.6. The largest absolute Gasteiger partial charge is 0.497 e. The molecule has 0 aromatic heterocycles. The number of methoxy groups -OCH3 is 2. The van der Waals surface area contributed by atoms with E-state index in [1.165, 1.54) is 15.9 Å². The Kier molecular flexibility index (Phi) is 4.95. The van der Waals surface area contributed by atoms with E-state index in [9.17, 15) is 0 Å². The van der Waals surface area contributed by atoms with E-state index < -0.39 is 7.92 Å². The predicted molar refractivity (Wildman–Crippen MR) is 98.3 cm³/mol. The molecule has 0 atom stereocenters. The second-order valence-corrected chi connectivity index (χ2v) is 7.23. The number of hydrogen-bond donors (Lipinski definition) is 0. The van der Waals surface area contributed by atoms with Crippen LogP contribution in [-0.4, -0.2) is 14.2 Å². The average molecular weight is 322 g/mol. The van der Waals surface area contributed by atoms with Gasteiger partial charge >= 0.3 is 0 Å². The molecular formula is C20H19O2P. The summed E-state index contributed by atoms with van der Waals surface area (Å²) in [5.74, 6) is 1.67. The summed E-state index contributed by atoms with van der Waals surface area (Å²) in [6, 6.07) is 27.2. The van der Waals surface area contributed by atoms with E-state index in [1.54, 1.807) is 14.2 Å². The highest BCUT2D eigenvalue weighted by molar-refractivity contribution is 7.80. The molecule has 3 heteroatoms. The molecule has 0 amide bonds. The molecule has 0 aliphatic heterocycles. The molecule has 0 N–H and O–H groups in total. The maximum atomic E-state index is 5.65. The Balaban J connectivity index is 2.17. The van der Waals surface area contributed by atoms with Crippen LogP contribution < -0.4 is 25.4 Å². The van der Waals surface area contributed by atoms with Gasteiger partial charge in [0.2, 0.25) is 0 Å². The molecule has 0 saturated heterocycles. The Bertz CT molecular complexity index is 718. The number of hydrogen-bond acceptors (Lipinski definition) is 2. The van der Waals surface area contributed by atoms with Crippen molar-refractivity contribution in [1.82, 2.24) is 0 Å². The van der Waals surface area contributed by atoms with Crippen molar-refractivity contribution in [3.63, 3.8) is 0 Å². The van der Waals surface area contributed by atoms with E-state index in [2.05, 4.69) is 54.6 Å². The van der Waals surface area contributed by atoms with Gasteiger partial charge in [0.15, 0.2) is 0 Å². The molecule has 0 unspecified atom stereocenters. The molecule has 23 heavy (non-hydrogen) atoms. The van der Waals surface area contributed by atoms with Crippen LogP contribution in [0.4, 0.5) is 0 Å². The zero-order valence-corrected chi connectivity index (χ0v) is 14.2. The van der Waals surface area contributed by atoms with E-state index in [-0.39, 0.29) is 0 Å². The van der Waals surface area contributed by atoms with Crippen molar-refractivity contribution < 1.29 is 9.47 Å². The van der Waals surface area contributed by atoms with Crippen LogP contribution in [0.1, 0.15) is 0 Å².